The molecule has 0 bridgehead atoms. The van der Waals surface area contributed by atoms with Gasteiger partial charge in [-0.1, -0.05) is 121 Å². The number of nitrogens with two attached hydrogens (primary N) is 1. The predicted molar refractivity (Wildman–Crippen MR) is 298 cm³/mol. The minimum absolute atomic E-state index is 0. The van der Waals surface area contributed by atoms with Gasteiger partial charge in [-0.3, -0.25) is 14.8 Å². The van der Waals surface area contributed by atoms with E-state index in [1.54, 1.807) is 24.5 Å². The molecule has 0 spiro atoms. The quantitative estimate of drug-likeness (QED) is 0.0374. The molecule has 78 heavy (non-hydrogen) atoms. The first-order valence-corrected chi connectivity index (χ1v) is 26.5. The summed E-state index contributed by atoms with van der Waals surface area (Å²) in [6, 6.07) is 42.3. The molecule has 2 fully saturated rings. The van der Waals surface area contributed by atoms with Gasteiger partial charge in [0.25, 0.3) is 5.91 Å². The van der Waals surface area contributed by atoms with Gasteiger partial charge < -0.3 is 45.7 Å². The molecule has 6 N–H and O–H groups in total. The van der Waals surface area contributed by atoms with Gasteiger partial charge in [0.1, 0.15) is 43.4 Å². The summed E-state index contributed by atoms with van der Waals surface area (Å²) < 4.78 is 23.0. The second kappa shape index (κ2) is 28.8. The van der Waals surface area contributed by atoms with E-state index in [4.69, 9.17) is 29.8 Å². The number of hydrogen-bond donors (Lipinski definition) is 5. The Hall–Kier alpha value is -8.23. The lowest BCUT2D eigenvalue weighted by molar-refractivity contribution is -0.148. The number of esters is 2. The van der Waals surface area contributed by atoms with Crippen molar-refractivity contribution in [2.75, 3.05) is 13.1 Å². The van der Waals surface area contributed by atoms with Crippen molar-refractivity contribution in [3.05, 3.63) is 201 Å². The SMILES string of the molecule is Cl.NC[C@@H](NC(=O)OCc1ccccc1)C(=O)OCc1ccccc1.O=C(N[C@H](CNC(=O)c1cc2nccc(C3CC3)c2s1)C(=O)OCc1ccccc1)OCc1ccccc1.O=C(O)c1cc2nccc(C3CC3)c2s1. The number of ether oxygens (including phenoxy) is 4. The van der Waals surface area contributed by atoms with Crippen LogP contribution in [0.1, 0.15) is 90.2 Å². The maximum absolute atomic E-state index is 13.0. The summed E-state index contributed by atoms with van der Waals surface area (Å²) in [5, 5.41) is 16.6. The average molecular weight is 1110 g/mol. The lowest BCUT2D eigenvalue weighted by Crippen LogP contribution is -2.49. The van der Waals surface area contributed by atoms with Crippen molar-refractivity contribution in [1.29, 1.82) is 0 Å². The molecule has 17 nitrogen and oxygen atoms in total. The van der Waals surface area contributed by atoms with E-state index in [2.05, 4.69) is 25.9 Å². The zero-order valence-corrected chi connectivity index (χ0v) is 44.6. The van der Waals surface area contributed by atoms with Crippen molar-refractivity contribution in [3.8, 4) is 0 Å². The number of nitrogens with one attached hydrogen (secondary N) is 3. The number of amides is 3. The number of carbonyl (C=O) groups excluding carboxylic acids is 5. The maximum atomic E-state index is 13.0. The number of rotatable bonds is 19. The van der Waals surface area contributed by atoms with E-state index in [0.29, 0.717) is 21.6 Å². The molecular weight excluding hydrogens is 1060 g/mol. The largest absolute Gasteiger partial charge is 0.477 e. The van der Waals surface area contributed by atoms with Crippen molar-refractivity contribution in [3.63, 3.8) is 0 Å². The highest BCUT2D eigenvalue weighted by molar-refractivity contribution is 7.21. The number of pyridine rings is 2. The molecule has 404 valence electrons. The van der Waals surface area contributed by atoms with E-state index >= 15 is 0 Å². The summed E-state index contributed by atoms with van der Waals surface area (Å²) in [5.74, 6) is -1.33. The van der Waals surface area contributed by atoms with Crippen molar-refractivity contribution >= 4 is 91.5 Å². The van der Waals surface area contributed by atoms with Crippen LogP contribution in [-0.2, 0) is 55.0 Å². The number of alkyl carbamates (subject to hydrolysis) is 2. The van der Waals surface area contributed by atoms with Crippen LogP contribution in [0.2, 0.25) is 0 Å². The molecule has 0 unspecified atom stereocenters. The molecule has 2 saturated carbocycles. The molecule has 4 aromatic heterocycles. The summed E-state index contributed by atoms with van der Waals surface area (Å²) in [6.07, 6.45) is 6.78. The summed E-state index contributed by atoms with van der Waals surface area (Å²) in [5.41, 5.74) is 13.0. The molecule has 20 heteroatoms. The van der Waals surface area contributed by atoms with Crippen LogP contribution in [0.15, 0.2) is 158 Å². The topological polar surface area (TPSA) is 247 Å². The minimum atomic E-state index is -1.14. The Kier molecular flexibility index (Phi) is 21.2. The Balaban J connectivity index is 0.000000187. The lowest BCUT2D eigenvalue weighted by atomic mass is 10.1. The van der Waals surface area contributed by atoms with Crippen molar-refractivity contribution < 1.29 is 52.8 Å². The minimum Gasteiger partial charge on any atom is -0.477 e. The van der Waals surface area contributed by atoms with Crippen molar-refractivity contribution in [2.45, 2.75) is 76.0 Å². The fourth-order valence-corrected chi connectivity index (χ4v) is 9.90. The first-order chi connectivity index (χ1) is 37.5. The van der Waals surface area contributed by atoms with E-state index in [0.717, 1.165) is 55.5 Å². The number of hydrogen-bond acceptors (Lipinski definition) is 15. The first-order valence-electron chi connectivity index (χ1n) is 24.8. The molecule has 10 rings (SSSR count). The van der Waals surface area contributed by atoms with Gasteiger partial charge in [-0.05, 0) is 95.2 Å². The maximum Gasteiger partial charge on any atom is 0.408 e. The van der Waals surface area contributed by atoms with Gasteiger partial charge >= 0.3 is 30.1 Å². The fraction of sp³-hybridized carbons (Fsp3) is 0.241. The molecule has 4 heterocycles. The molecule has 0 saturated heterocycles. The second-order valence-corrected chi connectivity index (χ2v) is 20.1. The molecule has 0 aliphatic heterocycles. The zero-order chi connectivity index (χ0) is 53.9. The van der Waals surface area contributed by atoms with Crippen LogP contribution in [0.25, 0.3) is 20.4 Å². The third-order valence-electron chi connectivity index (χ3n) is 12.1. The Morgan fingerprint density at radius 3 is 1.31 bits per heavy atom. The third-order valence-corrected chi connectivity index (χ3v) is 14.4. The Labute approximate surface area is 463 Å². The highest BCUT2D eigenvalue weighted by atomic mass is 35.5. The molecule has 2 aliphatic carbocycles. The number of fused-ring (bicyclic) bond motifs is 2. The van der Waals surface area contributed by atoms with E-state index in [-0.39, 0.29) is 57.8 Å². The van der Waals surface area contributed by atoms with Gasteiger partial charge in [-0.25, -0.2) is 24.0 Å². The Morgan fingerprint density at radius 1 is 0.538 bits per heavy atom. The van der Waals surface area contributed by atoms with Gasteiger partial charge in [0.2, 0.25) is 0 Å². The summed E-state index contributed by atoms with van der Waals surface area (Å²) in [4.78, 5) is 82.4. The second-order valence-electron chi connectivity index (χ2n) is 18.0. The number of thiophene rings is 2. The number of aromatic carboxylic acids is 1. The molecule has 2 aliphatic rings. The van der Waals surface area contributed by atoms with Gasteiger partial charge in [-0.2, -0.15) is 0 Å². The number of carboxylic acids is 1. The number of carboxylic acid groups (broad SMARTS) is 1. The highest BCUT2D eigenvalue weighted by Gasteiger charge is 2.29. The van der Waals surface area contributed by atoms with Crippen LogP contribution >= 0.6 is 35.1 Å². The van der Waals surface area contributed by atoms with Gasteiger partial charge in [0, 0.05) is 25.5 Å². The number of carbonyl (C=O) groups is 6. The van der Waals surface area contributed by atoms with Crippen LogP contribution in [0.5, 0.6) is 0 Å². The highest BCUT2D eigenvalue weighted by Crippen LogP contribution is 2.45. The number of nitrogens with zero attached hydrogens (tertiary/aromatic N) is 2. The third kappa shape index (κ3) is 17.1. The molecule has 0 radical (unpaired) electrons. The molecule has 8 aromatic rings. The van der Waals surface area contributed by atoms with Crippen LogP contribution in [0.3, 0.4) is 0 Å². The molecule has 2 atom stereocenters. The molecule has 3 amide bonds. The number of benzene rings is 4. The van der Waals surface area contributed by atoms with Gasteiger partial charge in [0.15, 0.2) is 0 Å². The molecule has 4 aromatic carbocycles. The normalized spacial score (nSPS) is 13.1. The summed E-state index contributed by atoms with van der Waals surface area (Å²) in [7, 11) is 0. The lowest BCUT2D eigenvalue weighted by Gasteiger charge is -2.18. The Bertz CT molecular complexity index is 3270. The van der Waals surface area contributed by atoms with Crippen molar-refractivity contribution in [1.82, 2.24) is 25.9 Å². The predicted octanol–water partition coefficient (Wildman–Crippen LogP) is 10.2. The Morgan fingerprint density at radius 2 is 0.910 bits per heavy atom. The number of aromatic nitrogens is 2. The van der Waals surface area contributed by atoms with Gasteiger partial charge in [0.05, 0.1) is 25.3 Å². The van der Waals surface area contributed by atoms with Crippen LogP contribution < -0.4 is 21.7 Å². The fourth-order valence-electron chi connectivity index (χ4n) is 7.73. The van der Waals surface area contributed by atoms with Crippen LogP contribution in [0, 0.1) is 0 Å². The standard InChI is InChI=1S/C29H27N3O5S.C18H20N2O4.C11H9NO2S.ClH/c33-27(25-15-23-26(38-25)22(13-14-30-23)21-11-12-21)31-16-24(28(34)36-17-19-7-3-1-4-8-19)32-29(35)37-18-20-9-5-2-6-10-20;19-11-16(17(21)23-12-14-7-3-1-4-8-14)20-18(22)24-13-15-9-5-2-6-10-15;13-11(14)9-5-8-10(15-9)7(3-4-12-8)6-1-2-6;/h1-10,13-15,21,24H,11-12,16-18H2,(H,31,33)(H,32,35);1-10,16H,11-13,19H2,(H,20,22);3-6H,1-2H2,(H,13,14);1H/t24-;16-;;/m11../s1. The van der Waals surface area contributed by atoms with Crippen LogP contribution in [0.4, 0.5) is 9.59 Å². The number of halogens is 1. The van der Waals surface area contributed by atoms with E-state index in [1.807, 2.05) is 133 Å². The smallest absolute Gasteiger partial charge is 0.408 e. The van der Waals surface area contributed by atoms with Gasteiger partial charge in [-0.15, -0.1) is 35.1 Å². The zero-order valence-electron chi connectivity index (χ0n) is 42.1. The van der Waals surface area contributed by atoms with E-state index < -0.39 is 42.2 Å². The van der Waals surface area contributed by atoms with E-state index in [1.165, 1.54) is 46.6 Å². The summed E-state index contributed by atoms with van der Waals surface area (Å²) >= 11 is 2.72. The van der Waals surface area contributed by atoms with Crippen molar-refractivity contribution in [2.24, 2.45) is 5.73 Å². The first kappa shape index (κ1) is 57.5. The summed E-state index contributed by atoms with van der Waals surface area (Å²) in [6.45, 7) is 0.0811. The monoisotopic (exact) mass is 1110 g/mol. The van der Waals surface area contributed by atoms with E-state index in [9.17, 15) is 28.8 Å². The molecular formula is C58H57ClN6O11S2. The van der Waals surface area contributed by atoms with Crippen LogP contribution in [-0.4, -0.2) is 76.2 Å². The average Bonchev–Trinajstić information content (AvgIpc) is 4.43.